The van der Waals surface area contributed by atoms with Gasteiger partial charge in [-0.2, -0.15) is 0 Å². The number of carbonyl (C=O) groups is 1. The van der Waals surface area contributed by atoms with Gasteiger partial charge in [0.05, 0.1) is 5.69 Å². The van der Waals surface area contributed by atoms with Crippen LogP contribution in [0.2, 0.25) is 0 Å². The summed E-state index contributed by atoms with van der Waals surface area (Å²) >= 11 is 0. The van der Waals surface area contributed by atoms with E-state index in [1.165, 1.54) is 0 Å². The van der Waals surface area contributed by atoms with Crippen LogP contribution in [0.1, 0.15) is 29.0 Å². The number of carbonyl (C=O) groups excluding carboxylic acids is 1. The van der Waals surface area contributed by atoms with Crippen molar-refractivity contribution in [2.24, 2.45) is 5.73 Å². The summed E-state index contributed by atoms with van der Waals surface area (Å²) in [5.41, 5.74) is 7.82. The van der Waals surface area contributed by atoms with E-state index in [-0.39, 0.29) is 24.4 Å². The Morgan fingerprint density at radius 2 is 1.95 bits per heavy atom. The lowest BCUT2D eigenvalue weighted by Crippen LogP contribution is -2.13. The van der Waals surface area contributed by atoms with Crippen LogP contribution in [0.25, 0.3) is 0 Å². The number of benzene rings is 1. The topological polar surface area (TPSA) is 68.0 Å². The molecule has 0 spiro atoms. The Morgan fingerprint density at radius 3 is 2.58 bits per heavy atom. The van der Waals surface area contributed by atoms with E-state index in [4.69, 9.17) is 5.73 Å². The van der Waals surface area contributed by atoms with E-state index in [0.29, 0.717) is 11.3 Å². The fraction of sp³-hybridized carbons (Fsp3) is 0.143. The molecule has 3 N–H and O–H groups in total. The first-order valence-corrected chi connectivity index (χ1v) is 5.75. The molecule has 0 saturated carbocycles. The maximum absolute atomic E-state index is 11.9. The summed E-state index contributed by atoms with van der Waals surface area (Å²) in [7, 11) is 0. The molecule has 0 saturated heterocycles. The van der Waals surface area contributed by atoms with Gasteiger partial charge in [-0.1, -0.05) is 18.2 Å². The molecule has 0 bridgehead atoms. The van der Waals surface area contributed by atoms with Crippen LogP contribution in [0.3, 0.4) is 0 Å². The van der Waals surface area contributed by atoms with E-state index >= 15 is 0 Å². The number of nitrogens with two attached hydrogens (primary N) is 1. The Hall–Kier alpha value is -1.91. The van der Waals surface area contributed by atoms with Crippen molar-refractivity contribution in [3.63, 3.8) is 0 Å². The van der Waals surface area contributed by atoms with Gasteiger partial charge in [-0.15, -0.1) is 12.4 Å². The summed E-state index contributed by atoms with van der Waals surface area (Å²) in [6, 6.07) is 12.4. The molecule has 1 atom stereocenters. The van der Waals surface area contributed by atoms with Gasteiger partial charge in [0.15, 0.2) is 0 Å². The number of anilines is 1. The van der Waals surface area contributed by atoms with Crippen molar-refractivity contribution in [1.29, 1.82) is 0 Å². The number of hydrogen-bond donors (Lipinski definition) is 2. The highest BCUT2D eigenvalue weighted by molar-refractivity contribution is 6.04. The Labute approximate surface area is 118 Å². The van der Waals surface area contributed by atoms with Crippen LogP contribution in [-0.2, 0) is 0 Å². The summed E-state index contributed by atoms with van der Waals surface area (Å²) in [5.74, 6) is -0.141. The lowest BCUT2D eigenvalue weighted by atomic mass is 10.2. The first-order valence-electron chi connectivity index (χ1n) is 5.75. The minimum Gasteiger partial charge on any atom is -0.323 e. The summed E-state index contributed by atoms with van der Waals surface area (Å²) < 4.78 is 0. The first-order chi connectivity index (χ1) is 8.66. The van der Waals surface area contributed by atoms with E-state index in [9.17, 15) is 4.79 Å². The summed E-state index contributed by atoms with van der Waals surface area (Å²) in [4.78, 5) is 16.1. The third kappa shape index (κ3) is 4.05. The molecule has 1 unspecified atom stereocenters. The fourth-order valence-electron chi connectivity index (χ4n) is 1.57. The molecule has 4 nitrogen and oxygen atoms in total. The SMILES string of the molecule is CC(N)c1cc(NC(=O)c2ccccc2)ccn1.Cl. The highest BCUT2D eigenvalue weighted by Crippen LogP contribution is 2.13. The third-order valence-corrected chi connectivity index (χ3v) is 2.54. The van der Waals surface area contributed by atoms with Crippen LogP contribution >= 0.6 is 12.4 Å². The predicted octanol–water partition coefficient (Wildman–Crippen LogP) is 2.78. The molecule has 2 aromatic rings. The molecule has 1 aromatic carbocycles. The van der Waals surface area contributed by atoms with E-state index in [1.807, 2.05) is 25.1 Å². The van der Waals surface area contributed by atoms with Gasteiger partial charge in [-0.05, 0) is 31.2 Å². The van der Waals surface area contributed by atoms with Crippen molar-refractivity contribution in [3.05, 3.63) is 59.9 Å². The largest absolute Gasteiger partial charge is 0.323 e. The number of hydrogen-bond acceptors (Lipinski definition) is 3. The second kappa shape index (κ2) is 6.87. The number of pyridine rings is 1. The molecule has 0 aliphatic carbocycles. The van der Waals surface area contributed by atoms with Crippen molar-refractivity contribution in [2.45, 2.75) is 13.0 Å². The van der Waals surface area contributed by atoms with Gasteiger partial charge in [-0.25, -0.2) is 0 Å². The quantitative estimate of drug-likeness (QED) is 0.906. The number of nitrogens with zero attached hydrogens (tertiary/aromatic N) is 1. The van der Waals surface area contributed by atoms with E-state index in [1.54, 1.807) is 30.5 Å². The molecule has 0 radical (unpaired) electrons. The standard InChI is InChI=1S/C14H15N3O.ClH/c1-10(15)13-9-12(7-8-16-13)17-14(18)11-5-3-2-4-6-11;/h2-10H,15H2,1H3,(H,16,17,18);1H. The average Bonchev–Trinajstić information content (AvgIpc) is 2.40. The molecule has 19 heavy (non-hydrogen) atoms. The molecule has 0 aliphatic rings. The maximum atomic E-state index is 11.9. The van der Waals surface area contributed by atoms with Gasteiger partial charge < -0.3 is 11.1 Å². The Bertz CT molecular complexity index is 543. The molecule has 0 fully saturated rings. The Balaban J connectivity index is 0.00000180. The molecule has 1 amide bonds. The van der Waals surface area contributed by atoms with Crippen molar-refractivity contribution >= 4 is 24.0 Å². The van der Waals surface area contributed by atoms with Gasteiger partial charge in [0.25, 0.3) is 5.91 Å². The zero-order valence-corrected chi connectivity index (χ0v) is 11.4. The second-order valence-electron chi connectivity index (χ2n) is 4.08. The normalized spacial score (nSPS) is 11.3. The van der Waals surface area contributed by atoms with Crippen molar-refractivity contribution in [2.75, 3.05) is 5.32 Å². The number of nitrogens with one attached hydrogen (secondary N) is 1. The number of halogens is 1. The first kappa shape index (κ1) is 15.1. The maximum Gasteiger partial charge on any atom is 0.255 e. The molecule has 1 heterocycles. The average molecular weight is 278 g/mol. The zero-order valence-electron chi connectivity index (χ0n) is 10.5. The van der Waals surface area contributed by atoms with Crippen molar-refractivity contribution in [3.8, 4) is 0 Å². The van der Waals surface area contributed by atoms with E-state index in [0.717, 1.165) is 5.69 Å². The third-order valence-electron chi connectivity index (χ3n) is 2.54. The minimum absolute atomic E-state index is 0. The summed E-state index contributed by atoms with van der Waals surface area (Å²) in [6.45, 7) is 1.85. The lowest BCUT2D eigenvalue weighted by molar-refractivity contribution is 0.102. The summed E-state index contributed by atoms with van der Waals surface area (Å²) in [5, 5.41) is 2.82. The van der Waals surface area contributed by atoms with Gasteiger partial charge in [0.1, 0.15) is 0 Å². The summed E-state index contributed by atoms with van der Waals surface area (Å²) in [6.07, 6.45) is 1.64. The monoisotopic (exact) mass is 277 g/mol. The van der Waals surface area contributed by atoms with Crippen LogP contribution in [0.15, 0.2) is 48.7 Å². The molecule has 100 valence electrons. The van der Waals surface area contributed by atoms with Gasteiger partial charge in [0.2, 0.25) is 0 Å². The molecular formula is C14H16ClN3O. The number of amides is 1. The Morgan fingerprint density at radius 1 is 1.26 bits per heavy atom. The highest BCUT2D eigenvalue weighted by atomic mass is 35.5. The van der Waals surface area contributed by atoms with Gasteiger partial charge >= 0.3 is 0 Å². The smallest absolute Gasteiger partial charge is 0.255 e. The van der Waals surface area contributed by atoms with Crippen LogP contribution in [-0.4, -0.2) is 10.9 Å². The van der Waals surface area contributed by atoms with Crippen LogP contribution in [0.5, 0.6) is 0 Å². The number of aromatic nitrogens is 1. The second-order valence-corrected chi connectivity index (χ2v) is 4.08. The molecule has 0 aliphatic heterocycles. The van der Waals surface area contributed by atoms with Gasteiger partial charge in [-0.3, -0.25) is 9.78 Å². The lowest BCUT2D eigenvalue weighted by Gasteiger charge is -2.08. The zero-order chi connectivity index (χ0) is 13.0. The minimum atomic E-state index is -0.154. The molecule has 1 aromatic heterocycles. The Kier molecular flexibility index (Phi) is 5.48. The van der Waals surface area contributed by atoms with Crippen molar-refractivity contribution < 1.29 is 4.79 Å². The predicted molar refractivity (Wildman–Crippen MR) is 78.5 cm³/mol. The van der Waals surface area contributed by atoms with Crippen LogP contribution in [0.4, 0.5) is 5.69 Å². The van der Waals surface area contributed by atoms with E-state index in [2.05, 4.69) is 10.3 Å². The van der Waals surface area contributed by atoms with Crippen molar-refractivity contribution in [1.82, 2.24) is 4.98 Å². The van der Waals surface area contributed by atoms with Crippen LogP contribution < -0.4 is 11.1 Å². The molecular weight excluding hydrogens is 262 g/mol. The van der Waals surface area contributed by atoms with Crippen LogP contribution in [0, 0.1) is 0 Å². The highest BCUT2D eigenvalue weighted by Gasteiger charge is 2.07. The fourth-order valence-corrected chi connectivity index (χ4v) is 1.57. The molecule has 5 heteroatoms. The van der Waals surface area contributed by atoms with E-state index < -0.39 is 0 Å². The number of rotatable bonds is 3. The molecule has 2 rings (SSSR count). The van der Waals surface area contributed by atoms with Gasteiger partial charge in [0, 0.05) is 23.5 Å².